The Hall–Kier alpha value is -2.15. The number of benzene rings is 1. The van der Waals surface area contributed by atoms with Gasteiger partial charge in [-0.15, -0.1) is 0 Å². The Morgan fingerprint density at radius 3 is 2.63 bits per heavy atom. The van der Waals surface area contributed by atoms with E-state index in [1.165, 1.54) is 0 Å². The highest BCUT2D eigenvalue weighted by Crippen LogP contribution is 2.47. The number of hydrogen-bond donors (Lipinski definition) is 0. The number of para-hydroxylation sites is 1. The normalized spacial score (nSPS) is 27.1. The number of hydrogen-bond acceptors (Lipinski definition) is 6. The molecule has 1 aliphatic carbocycles. The van der Waals surface area contributed by atoms with E-state index in [1.807, 2.05) is 19.0 Å². The number of ether oxygens (including phenoxy) is 1. The van der Waals surface area contributed by atoms with Gasteiger partial charge in [0.25, 0.3) is 0 Å². The topological polar surface area (TPSA) is 93.9 Å². The van der Waals surface area contributed by atoms with Crippen LogP contribution < -0.4 is 4.74 Å². The molecule has 0 aromatic heterocycles. The first-order valence-electron chi connectivity index (χ1n) is 10.4. The van der Waals surface area contributed by atoms with Crippen molar-refractivity contribution < 1.29 is 17.9 Å². The van der Waals surface area contributed by atoms with Crippen molar-refractivity contribution in [2.75, 3.05) is 40.3 Å². The predicted octanol–water partition coefficient (Wildman–Crippen LogP) is 1.29. The maximum absolute atomic E-state index is 13.5. The molecule has 1 amide bonds. The van der Waals surface area contributed by atoms with Gasteiger partial charge in [0.05, 0.1) is 12.1 Å². The van der Waals surface area contributed by atoms with E-state index >= 15 is 0 Å². The third-order valence-corrected chi connectivity index (χ3v) is 8.28. The summed E-state index contributed by atoms with van der Waals surface area (Å²) in [5.74, 6) is 0.250. The molecule has 1 saturated heterocycles. The average Bonchev–Trinajstić information content (AvgIpc) is 3.53. The molecule has 4 rings (SSSR count). The molecule has 0 spiro atoms. The van der Waals surface area contributed by atoms with E-state index in [-0.39, 0.29) is 22.9 Å². The van der Waals surface area contributed by atoms with Crippen molar-refractivity contribution in [2.24, 2.45) is 5.41 Å². The van der Waals surface area contributed by atoms with Crippen LogP contribution in [0.5, 0.6) is 5.75 Å². The molecular formula is C21H28N4O4S. The molecule has 0 N–H and O–H groups in total. The van der Waals surface area contributed by atoms with Crippen molar-refractivity contribution in [1.82, 2.24) is 14.1 Å². The molecule has 1 aromatic rings. The molecular weight excluding hydrogens is 404 g/mol. The number of carbonyl (C=O) groups excluding carboxylic acids is 1. The van der Waals surface area contributed by atoms with Gasteiger partial charge in [0.2, 0.25) is 15.9 Å². The molecule has 2 atom stereocenters. The lowest BCUT2D eigenvalue weighted by atomic mass is 10.1. The summed E-state index contributed by atoms with van der Waals surface area (Å²) in [6.45, 7) is 1.83. The molecule has 3 aliphatic rings. The second-order valence-corrected chi connectivity index (χ2v) is 10.5. The van der Waals surface area contributed by atoms with Crippen LogP contribution in [0.1, 0.15) is 25.7 Å². The maximum Gasteiger partial charge on any atom is 0.247 e. The number of likely N-dealkylation sites (N-methyl/N-ethyl adjacent to an activating group) is 1. The summed E-state index contributed by atoms with van der Waals surface area (Å²) in [5, 5.41) is 9.40. The second kappa shape index (κ2) is 7.84. The minimum Gasteiger partial charge on any atom is -0.487 e. The number of nitrogens with zero attached hydrogens (tertiary/aromatic N) is 4. The lowest BCUT2D eigenvalue weighted by molar-refractivity contribution is -0.134. The van der Waals surface area contributed by atoms with Gasteiger partial charge in [-0.1, -0.05) is 12.1 Å². The molecule has 1 saturated carbocycles. The summed E-state index contributed by atoms with van der Waals surface area (Å²) in [4.78, 5) is 16.8. The second-order valence-electron chi connectivity index (χ2n) is 8.65. The molecule has 30 heavy (non-hydrogen) atoms. The largest absolute Gasteiger partial charge is 0.487 e. The van der Waals surface area contributed by atoms with Gasteiger partial charge in [-0.25, -0.2) is 8.42 Å². The molecule has 0 unspecified atom stereocenters. The quantitative estimate of drug-likeness (QED) is 0.712. The van der Waals surface area contributed by atoms with Gasteiger partial charge in [0.1, 0.15) is 22.2 Å². The van der Waals surface area contributed by atoms with Crippen molar-refractivity contribution in [3.05, 3.63) is 24.3 Å². The molecule has 8 nitrogen and oxygen atoms in total. The molecule has 2 heterocycles. The van der Waals surface area contributed by atoms with Crippen LogP contribution in [-0.4, -0.2) is 80.9 Å². The molecule has 2 aliphatic heterocycles. The summed E-state index contributed by atoms with van der Waals surface area (Å²) in [7, 11) is 0.0929. The number of sulfonamides is 1. The van der Waals surface area contributed by atoms with Crippen LogP contribution in [0.25, 0.3) is 0 Å². The van der Waals surface area contributed by atoms with Gasteiger partial charge in [0, 0.05) is 32.6 Å². The van der Waals surface area contributed by atoms with E-state index in [1.54, 1.807) is 33.5 Å². The first-order valence-corrected chi connectivity index (χ1v) is 11.9. The van der Waals surface area contributed by atoms with Crippen molar-refractivity contribution in [1.29, 1.82) is 5.26 Å². The number of nitriles is 1. The Labute approximate surface area is 178 Å². The summed E-state index contributed by atoms with van der Waals surface area (Å²) in [6.07, 6.45) is 1.89. The van der Waals surface area contributed by atoms with Crippen LogP contribution in [0.15, 0.2) is 29.2 Å². The zero-order valence-electron chi connectivity index (χ0n) is 17.5. The van der Waals surface area contributed by atoms with Gasteiger partial charge in [0.15, 0.2) is 0 Å². The predicted molar refractivity (Wildman–Crippen MR) is 110 cm³/mol. The summed E-state index contributed by atoms with van der Waals surface area (Å²) in [6, 6.07) is 8.59. The average molecular weight is 433 g/mol. The van der Waals surface area contributed by atoms with E-state index < -0.39 is 15.4 Å². The fraction of sp³-hybridized carbons (Fsp3) is 0.619. The fourth-order valence-corrected chi connectivity index (χ4v) is 6.14. The van der Waals surface area contributed by atoms with Gasteiger partial charge in [-0.05, 0) is 45.5 Å². The molecule has 9 heteroatoms. The Morgan fingerprint density at radius 2 is 1.97 bits per heavy atom. The highest BCUT2D eigenvalue weighted by Gasteiger charge is 2.53. The van der Waals surface area contributed by atoms with Gasteiger partial charge >= 0.3 is 0 Å². The fourth-order valence-electron chi connectivity index (χ4n) is 4.35. The number of rotatable bonds is 4. The van der Waals surface area contributed by atoms with Gasteiger partial charge < -0.3 is 14.5 Å². The molecule has 0 bridgehead atoms. The highest BCUT2D eigenvalue weighted by atomic mass is 32.2. The SMILES string of the molecule is CN(C)CCN1[C@H]2CCN(C(=O)C3(C#N)CC3)CC[C@@H]2Oc2ccccc2S1(=O)=O. The van der Waals surface area contributed by atoms with Gasteiger partial charge in [-0.3, -0.25) is 4.79 Å². The van der Waals surface area contributed by atoms with Crippen molar-refractivity contribution >= 4 is 15.9 Å². The minimum absolute atomic E-state index is 0.121. The monoisotopic (exact) mass is 432 g/mol. The van der Waals surface area contributed by atoms with Crippen molar-refractivity contribution in [3.63, 3.8) is 0 Å². The van der Waals surface area contributed by atoms with Crippen LogP contribution in [0.4, 0.5) is 0 Å². The smallest absolute Gasteiger partial charge is 0.247 e. The van der Waals surface area contributed by atoms with E-state index in [0.717, 1.165) is 0 Å². The Balaban J connectivity index is 1.65. The van der Waals surface area contributed by atoms with E-state index in [9.17, 15) is 18.5 Å². The summed E-state index contributed by atoms with van der Waals surface area (Å²) >= 11 is 0. The Kier molecular flexibility index (Phi) is 5.51. The van der Waals surface area contributed by atoms with Crippen molar-refractivity contribution in [3.8, 4) is 11.8 Å². The third-order valence-electron chi connectivity index (χ3n) is 6.32. The minimum atomic E-state index is -3.73. The number of likely N-dealkylation sites (tertiary alicyclic amines) is 1. The molecule has 1 aromatic carbocycles. The number of amides is 1. The van der Waals surface area contributed by atoms with Crippen LogP contribution in [0.2, 0.25) is 0 Å². The lowest BCUT2D eigenvalue weighted by Crippen LogP contribution is -2.49. The van der Waals surface area contributed by atoms with E-state index in [0.29, 0.717) is 57.6 Å². The molecule has 0 radical (unpaired) electrons. The van der Waals surface area contributed by atoms with Crippen LogP contribution in [0.3, 0.4) is 0 Å². The maximum atomic E-state index is 13.5. The van der Waals surface area contributed by atoms with Crippen LogP contribution in [0, 0.1) is 16.7 Å². The number of fused-ring (bicyclic) bond motifs is 2. The standard InChI is InChI=1S/C21H28N4O4S/c1-23(2)13-14-25-16-7-11-24(20(26)21(15-22)9-10-21)12-8-17(16)29-18-5-3-4-6-19(18)30(25,27)28/h3-6,16-17H,7-14H2,1-2H3/t16-,17-/m0/s1. The Bertz CT molecular complexity index is 967. The molecule has 162 valence electrons. The van der Waals surface area contributed by atoms with Crippen LogP contribution >= 0.6 is 0 Å². The number of carbonyl (C=O) groups is 1. The zero-order chi connectivity index (χ0) is 21.5. The first-order chi connectivity index (χ1) is 14.3. The zero-order valence-corrected chi connectivity index (χ0v) is 18.3. The van der Waals surface area contributed by atoms with Crippen LogP contribution in [-0.2, 0) is 14.8 Å². The first kappa shape index (κ1) is 21.1. The Morgan fingerprint density at radius 1 is 1.27 bits per heavy atom. The van der Waals surface area contributed by atoms with Crippen molar-refractivity contribution in [2.45, 2.75) is 42.7 Å². The van der Waals surface area contributed by atoms with Gasteiger partial charge in [-0.2, -0.15) is 9.57 Å². The molecule has 2 fully saturated rings. The third kappa shape index (κ3) is 3.68. The lowest BCUT2D eigenvalue weighted by Gasteiger charge is -2.32. The van der Waals surface area contributed by atoms with E-state index in [4.69, 9.17) is 4.74 Å². The van der Waals surface area contributed by atoms with E-state index in [2.05, 4.69) is 6.07 Å². The summed E-state index contributed by atoms with van der Waals surface area (Å²) < 4.78 is 34.9. The highest BCUT2D eigenvalue weighted by molar-refractivity contribution is 7.89. The summed E-state index contributed by atoms with van der Waals surface area (Å²) in [5.41, 5.74) is -0.865.